The Morgan fingerprint density at radius 1 is 1.22 bits per heavy atom. The molecule has 1 aromatic heterocycles. The number of benzene rings is 1. The summed E-state index contributed by atoms with van der Waals surface area (Å²) in [7, 11) is 3.16. The lowest BCUT2D eigenvalue weighted by molar-refractivity contribution is 0.112. The van der Waals surface area contributed by atoms with Crippen molar-refractivity contribution in [3.05, 3.63) is 52.4 Å². The molecule has 0 bridgehead atoms. The summed E-state index contributed by atoms with van der Waals surface area (Å²) >= 11 is 0. The number of aromatic nitrogens is 1. The van der Waals surface area contributed by atoms with Crippen LogP contribution in [0, 0.1) is 0 Å². The molecule has 0 N–H and O–H groups in total. The SMILES string of the molecule is COc1cc(=O)n(C)cc1-c1ccccc1C=O. The van der Waals surface area contributed by atoms with E-state index in [2.05, 4.69) is 0 Å². The highest BCUT2D eigenvalue weighted by Crippen LogP contribution is 2.30. The minimum Gasteiger partial charge on any atom is -0.496 e. The second kappa shape index (κ2) is 4.87. The number of aldehydes is 1. The normalized spacial score (nSPS) is 10.1. The van der Waals surface area contributed by atoms with Crippen molar-refractivity contribution < 1.29 is 9.53 Å². The minimum atomic E-state index is -0.154. The van der Waals surface area contributed by atoms with Crippen LogP contribution in [0.5, 0.6) is 5.75 Å². The van der Waals surface area contributed by atoms with E-state index in [1.807, 2.05) is 12.1 Å². The highest BCUT2D eigenvalue weighted by Gasteiger charge is 2.11. The molecule has 0 saturated heterocycles. The zero-order chi connectivity index (χ0) is 13.1. The van der Waals surface area contributed by atoms with Gasteiger partial charge < -0.3 is 9.30 Å². The van der Waals surface area contributed by atoms with Crippen LogP contribution in [0.3, 0.4) is 0 Å². The van der Waals surface area contributed by atoms with Gasteiger partial charge in [0.05, 0.1) is 7.11 Å². The van der Waals surface area contributed by atoms with E-state index in [1.165, 1.54) is 17.7 Å². The molecule has 0 aliphatic heterocycles. The molecule has 0 radical (unpaired) electrons. The topological polar surface area (TPSA) is 48.3 Å². The second-order valence-electron chi connectivity index (χ2n) is 3.91. The van der Waals surface area contributed by atoms with E-state index in [4.69, 9.17) is 4.74 Å². The van der Waals surface area contributed by atoms with Gasteiger partial charge in [-0.1, -0.05) is 24.3 Å². The standard InChI is InChI=1S/C14H13NO3/c1-15-8-12(13(18-2)7-14(15)17)11-6-4-3-5-10(11)9-16/h3-9H,1-2H3. The average Bonchev–Trinajstić information content (AvgIpc) is 2.41. The van der Waals surface area contributed by atoms with Gasteiger partial charge in [-0.3, -0.25) is 9.59 Å². The van der Waals surface area contributed by atoms with Crippen LogP contribution < -0.4 is 10.3 Å². The summed E-state index contributed by atoms with van der Waals surface area (Å²) in [4.78, 5) is 22.6. The molecule has 0 spiro atoms. The Kier molecular flexibility index (Phi) is 3.28. The lowest BCUT2D eigenvalue weighted by Gasteiger charge is -2.11. The number of hydrogen-bond donors (Lipinski definition) is 0. The maximum Gasteiger partial charge on any atom is 0.254 e. The van der Waals surface area contributed by atoms with Gasteiger partial charge in [-0.05, 0) is 5.56 Å². The van der Waals surface area contributed by atoms with E-state index >= 15 is 0 Å². The molecule has 92 valence electrons. The maximum atomic E-state index is 11.6. The molecule has 2 aromatic rings. The van der Waals surface area contributed by atoms with Crippen molar-refractivity contribution in [2.45, 2.75) is 0 Å². The molecular weight excluding hydrogens is 230 g/mol. The van der Waals surface area contributed by atoms with Crippen molar-refractivity contribution in [1.82, 2.24) is 4.57 Å². The van der Waals surface area contributed by atoms with E-state index in [-0.39, 0.29) is 5.56 Å². The summed E-state index contributed by atoms with van der Waals surface area (Å²) in [6.07, 6.45) is 2.46. The third-order valence-electron chi connectivity index (χ3n) is 2.79. The molecule has 1 aromatic carbocycles. The fourth-order valence-corrected chi connectivity index (χ4v) is 1.83. The molecule has 18 heavy (non-hydrogen) atoms. The quantitative estimate of drug-likeness (QED) is 0.773. The lowest BCUT2D eigenvalue weighted by Crippen LogP contribution is -2.15. The van der Waals surface area contributed by atoms with Crippen molar-refractivity contribution in [1.29, 1.82) is 0 Å². The highest BCUT2D eigenvalue weighted by atomic mass is 16.5. The maximum absolute atomic E-state index is 11.6. The van der Waals surface area contributed by atoms with Crippen LogP contribution in [0.4, 0.5) is 0 Å². The van der Waals surface area contributed by atoms with E-state index < -0.39 is 0 Å². The van der Waals surface area contributed by atoms with Crippen molar-refractivity contribution in [3.8, 4) is 16.9 Å². The van der Waals surface area contributed by atoms with Gasteiger partial charge in [0.15, 0.2) is 6.29 Å². The average molecular weight is 243 g/mol. The smallest absolute Gasteiger partial charge is 0.254 e. The predicted molar refractivity (Wildman–Crippen MR) is 69.1 cm³/mol. The van der Waals surface area contributed by atoms with Crippen LogP contribution in [0.2, 0.25) is 0 Å². The van der Waals surface area contributed by atoms with Gasteiger partial charge >= 0.3 is 0 Å². The summed E-state index contributed by atoms with van der Waals surface area (Å²) < 4.78 is 6.66. The zero-order valence-electron chi connectivity index (χ0n) is 10.2. The first kappa shape index (κ1) is 12.1. The third kappa shape index (κ3) is 2.05. The van der Waals surface area contributed by atoms with E-state index in [0.717, 1.165) is 17.4 Å². The van der Waals surface area contributed by atoms with Crippen molar-refractivity contribution >= 4 is 6.29 Å². The number of aryl methyl sites for hydroxylation is 1. The van der Waals surface area contributed by atoms with Crippen molar-refractivity contribution in [3.63, 3.8) is 0 Å². The Morgan fingerprint density at radius 3 is 2.61 bits per heavy atom. The van der Waals surface area contributed by atoms with Gasteiger partial charge in [-0.25, -0.2) is 0 Å². The van der Waals surface area contributed by atoms with Gasteiger partial charge in [0.2, 0.25) is 0 Å². The lowest BCUT2D eigenvalue weighted by atomic mass is 10.0. The van der Waals surface area contributed by atoms with Crippen LogP contribution in [0.1, 0.15) is 10.4 Å². The van der Waals surface area contributed by atoms with Gasteiger partial charge in [0.1, 0.15) is 5.75 Å². The molecule has 4 heteroatoms. The fourth-order valence-electron chi connectivity index (χ4n) is 1.83. The molecule has 0 fully saturated rings. The summed E-state index contributed by atoms with van der Waals surface area (Å²) in [5.41, 5.74) is 1.89. The number of carbonyl (C=O) groups excluding carboxylic acids is 1. The van der Waals surface area contributed by atoms with Crippen LogP contribution in [0.25, 0.3) is 11.1 Å². The monoisotopic (exact) mass is 243 g/mol. The van der Waals surface area contributed by atoms with Gasteiger partial charge in [0, 0.05) is 30.4 Å². The molecule has 0 aliphatic rings. The molecule has 2 rings (SSSR count). The highest BCUT2D eigenvalue weighted by molar-refractivity contribution is 5.88. The Morgan fingerprint density at radius 2 is 1.94 bits per heavy atom. The number of pyridine rings is 1. The molecule has 0 saturated carbocycles. The molecule has 1 heterocycles. The largest absolute Gasteiger partial charge is 0.496 e. The first-order valence-corrected chi connectivity index (χ1v) is 5.46. The van der Waals surface area contributed by atoms with Crippen LogP contribution >= 0.6 is 0 Å². The number of ether oxygens (including phenoxy) is 1. The van der Waals surface area contributed by atoms with Crippen LogP contribution in [-0.2, 0) is 7.05 Å². The Balaban J connectivity index is 2.74. The summed E-state index contributed by atoms with van der Waals surface area (Å²) in [5.74, 6) is 0.465. The Bertz CT molecular complexity index is 644. The van der Waals surface area contributed by atoms with E-state index in [9.17, 15) is 9.59 Å². The Hall–Kier alpha value is -2.36. The molecule has 0 aliphatic carbocycles. The van der Waals surface area contributed by atoms with Crippen molar-refractivity contribution in [2.24, 2.45) is 7.05 Å². The number of nitrogens with zero attached hydrogens (tertiary/aromatic N) is 1. The number of rotatable bonds is 3. The molecule has 0 amide bonds. The minimum absolute atomic E-state index is 0.154. The fraction of sp³-hybridized carbons (Fsp3) is 0.143. The van der Waals surface area contributed by atoms with Gasteiger partial charge in [0.25, 0.3) is 5.56 Å². The Labute approximate surface area is 104 Å². The predicted octanol–water partition coefficient (Wildman–Crippen LogP) is 1.87. The number of carbonyl (C=O) groups is 1. The van der Waals surface area contributed by atoms with Gasteiger partial charge in [-0.15, -0.1) is 0 Å². The molecule has 0 atom stereocenters. The number of methoxy groups -OCH3 is 1. The van der Waals surface area contributed by atoms with Crippen LogP contribution in [-0.4, -0.2) is 18.0 Å². The summed E-state index contributed by atoms with van der Waals surface area (Å²) in [5, 5.41) is 0. The summed E-state index contributed by atoms with van der Waals surface area (Å²) in [6.45, 7) is 0. The van der Waals surface area contributed by atoms with E-state index in [0.29, 0.717) is 11.3 Å². The van der Waals surface area contributed by atoms with Crippen LogP contribution in [0.15, 0.2) is 41.3 Å². The summed E-state index contributed by atoms with van der Waals surface area (Å²) in [6, 6.07) is 8.60. The zero-order valence-corrected chi connectivity index (χ0v) is 10.2. The molecular formula is C14H13NO3. The second-order valence-corrected chi connectivity index (χ2v) is 3.91. The van der Waals surface area contributed by atoms with Gasteiger partial charge in [-0.2, -0.15) is 0 Å². The first-order valence-electron chi connectivity index (χ1n) is 5.46. The molecule has 0 unspecified atom stereocenters. The third-order valence-corrected chi connectivity index (χ3v) is 2.79. The van der Waals surface area contributed by atoms with Crippen molar-refractivity contribution in [2.75, 3.05) is 7.11 Å². The molecule has 4 nitrogen and oxygen atoms in total. The number of hydrogen-bond acceptors (Lipinski definition) is 3. The van der Waals surface area contributed by atoms with E-state index in [1.54, 1.807) is 25.4 Å². The first-order chi connectivity index (χ1) is 8.67.